The molecular formula is C27H35F3N3O4S+. The molecule has 3 aromatic heterocycles. The standard InChI is InChI=1S/C27H34F3N3O4S/c1-15(2)21-11-16(3)7-8-24(21)37-26-23(13-19(14-32-26)38(34,35)18(5)27(28,29)30)22-12-17(4)33(36-6)25-20(22)9-10-31-25/h9-10,12-16,18,21,24H,7-8,11H2,1-6H3/p+1. The largest absolute Gasteiger partial charge is 0.474 e. The molecule has 4 rings (SSSR count). The fraction of sp³-hybridized carbons (Fsp3) is 0.556. The number of fused-ring (bicyclic) bond motifs is 1. The van der Waals surface area contributed by atoms with Gasteiger partial charge in [-0.05, 0) is 66.9 Å². The molecule has 0 amide bonds. The molecule has 0 aromatic carbocycles. The van der Waals surface area contributed by atoms with Crippen molar-refractivity contribution in [1.82, 2.24) is 9.97 Å². The first kappa shape index (κ1) is 28.2. The van der Waals surface area contributed by atoms with Crippen LogP contribution in [0.25, 0.3) is 22.2 Å². The zero-order valence-corrected chi connectivity index (χ0v) is 23.3. The van der Waals surface area contributed by atoms with E-state index in [1.807, 2.05) is 6.92 Å². The third kappa shape index (κ3) is 5.21. The molecule has 7 nitrogen and oxygen atoms in total. The average Bonchev–Trinajstić information content (AvgIpc) is 3.33. The summed E-state index contributed by atoms with van der Waals surface area (Å²) in [5.41, 5.74) is 2.19. The summed E-state index contributed by atoms with van der Waals surface area (Å²) in [5, 5.41) is -1.90. The number of aromatic nitrogens is 3. The Kier molecular flexibility index (Phi) is 7.71. The van der Waals surface area contributed by atoms with E-state index in [1.165, 1.54) is 13.2 Å². The summed E-state index contributed by atoms with van der Waals surface area (Å²) in [6.07, 6.45) is 0.412. The Hall–Kier alpha value is -2.82. The van der Waals surface area contributed by atoms with E-state index in [1.54, 1.807) is 23.1 Å². The molecule has 0 radical (unpaired) electrons. The molecule has 38 heavy (non-hydrogen) atoms. The van der Waals surface area contributed by atoms with Crippen molar-refractivity contribution in [2.24, 2.45) is 17.8 Å². The van der Waals surface area contributed by atoms with Gasteiger partial charge < -0.3 is 9.57 Å². The molecule has 208 valence electrons. The number of hydrogen-bond donors (Lipinski definition) is 1. The molecule has 0 bridgehead atoms. The van der Waals surface area contributed by atoms with Gasteiger partial charge >= 0.3 is 11.8 Å². The van der Waals surface area contributed by atoms with Crippen LogP contribution >= 0.6 is 0 Å². The van der Waals surface area contributed by atoms with E-state index in [4.69, 9.17) is 9.57 Å². The summed E-state index contributed by atoms with van der Waals surface area (Å²) in [6, 6.07) is 4.84. The first-order chi connectivity index (χ1) is 17.8. The topological polar surface area (TPSA) is 85.2 Å². The SMILES string of the molecule is CO[n+]1c(C)cc(-c2cc(S(=O)(=O)C(C)C(F)(F)F)cnc2OC2CCC(C)CC2C(C)C)c2cc[nH]c21. The van der Waals surface area contributed by atoms with E-state index < -0.39 is 26.2 Å². The molecule has 1 fully saturated rings. The Bertz CT molecular complexity index is 1420. The minimum Gasteiger partial charge on any atom is -0.474 e. The van der Waals surface area contributed by atoms with Gasteiger partial charge in [0.1, 0.15) is 18.9 Å². The lowest BCUT2D eigenvalue weighted by Crippen LogP contribution is -2.44. The number of hydrogen-bond acceptors (Lipinski definition) is 5. The second kappa shape index (κ2) is 10.4. The van der Waals surface area contributed by atoms with Gasteiger partial charge in [-0.3, -0.25) is 0 Å². The predicted molar refractivity (Wildman–Crippen MR) is 137 cm³/mol. The average molecular weight is 555 g/mol. The van der Waals surface area contributed by atoms with Crippen molar-refractivity contribution < 1.29 is 35.9 Å². The Labute approximate surface area is 221 Å². The van der Waals surface area contributed by atoms with Gasteiger partial charge in [0.2, 0.25) is 5.88 Å². The van der Waals surface area contributed by atoms with Crippen molar-refractivity contribution >= 4 is 20.9 Å². The smallest absolute Gasteiger partial charge is 0.405 e. The fourth-order valence-corrected chi connectivity index (χ4v) is 6.61. The molecule has 3 heterocycles. The maximum Gasteiger partial charge on any atom is 0.405 e. The molecule has 0 aliphatic heterocycles. The number of ether oxygens (including phenoxy) is 1. The van der Waals surface area contributed by atoms with Gasteiger partial charge in [0.25, 0.3) is 0 Å². The van der Waals surface area contributed by atoms with Gasteiger partial charge in [0.05, 0.1) is 16.5 Å². The fourth-order valence-electron chi connectivity index (χ4n) is 5.37. The van der Waals surface area contributed by atoms with Crippen LogP contribution in [-0.2, 0) is 9.84 Å². The molecule has 4 unspecified atom stereocenters. The van der Waals surface area contributed by atoms with E-state index in [2.05, 4.69) is 30.7 Å². The van der Waals surface area contributed by atoms with E-state index in [0.717, 1.165) is 25.5 Å². The summed E-state index contributed by atoms with van der Waals surface area (Å²) >= 11 is 0. The molecule has 1 saturated carbocycles. The van der Waals surface area contributed by atoms with Crippen LogP contribution in [0.3, 0.4) is 0 Å². The summed E-state index contributed by atoms with van der Waals surface area (Å²) in [6.45, 7) is 8.97. The van der Waals surface area contributed by atoms with Crippen molar-refractivity contribution in [2.45, 2.75) is 76.3 Å². The van der Waals surface area contributed by atoms with E-state index in [9.17, 15) is 21.6 Å². The predicted octanol–water partition coefficient (Wildman–Crippen LogP) is 5.45. The highest BCUT2D eigenvalue weighted by Crippen LogP contribution is 2.41. The van der Waals surface area contributed by atoms with Crippen LogP contribution in [0.1, 0.15) is 52.7 Å². The molecule has 0 spiro atoms. The molecule has 11 heteroatoms. The lowest BCUT2D eigenvalue weighted by molar-refractivity contribution is -0.870. The van der Waals surface area contributed by atoms with Crippen LogP contribution in [0.15, 0.2) is 35.5 Å². The first-order valence-corrected chi connectivity index (χ1v) is 14.3. The quantitative estimate of drug-likeness (QED) is 0.393. The number of pyridine rings is 2. The molecule has 1 N–H and O–H groups in total. The second-order valence-corrected chi connectivity index (χ2v) is 12.9. The third-order valence-corrected chi connectivity index (χ3v) is 9.74. The summed E-state index contributed by atoms with van der Waals surface area (Å²) in [7, 11) is -3.23. The van der Waals surface area contributed by atoms with Gasteiger partial charge in [-0.25, -0.2) is 18.4 Å². The summed E-state index contributed by atoms with van der Waals surface area (Å²) in [5.74, 6) is 1.38. The van der Waals surface area contributed by atoms with Crippen molar-refractivity contribution in [2.75, 3.05) is 7.11 Å². The highest BCUT2D eigenvalue weighted by Gasteiger charge is 2.46. The Morgan fingerprint density at radius 3 is 2.50 bits per heavy atom. The Morgan fingerprint density at radius 2 is 1.87 bits per heavy atom. The van der Waals surface area contributed by atoms with Crippen molar-refractivity contribution in [3.05, 3.63) is 36.3 Å². The summed E-state index contributed by atoms with van der Waals surface area (Å²) < 4.78 is 74.4. The van der Waals surface area contributed by atoms with Crippen LogP contribution in [0.4, 0.5) is 13.2 Å². The number of aromatic amines is 1. The number of nitrogens with one attached hydrogen (secondary N) is 1. The minimum absolute atomic E-state index is 0.149. The minimum atomic E-state index is -4.92. The van der Waals surface area contributed by atoms with Crippen LogP contribution in [0.5, 0.6) is 5.88 Å². The number of H-pyrrole nitrogens is 1. The lowest BCUT2D eigenvalue weighted by Gasteiger charge is -2.37. The molecule has 3 aromatic rings. The number of nitrogens with zero attached hydrogens (tertiary/aromatic N) is 2. The van der Waals surface area contributed by atoms with Crippen molar-refractivity contribution in [3.63, 3.8) is 0 Å². The molecule has 0 saturated heterocycles. The normalized spacial score (nSPS) is 21.6. The number of sulfone groups is 1. The van der Waals surface area contributed by atoms with Gasteiger partial charge in [0, 0.05) is 24.2 Å². The number of aryl methyl sites for hydroxylation is 1. The number of rotatable bonds is 7. The van der Waals surface area contributed by atoms with E-state index in [0.29, 0.717) is 46.6 Å². The molecule has 1 aliphatic rings. The van der Waals surface area contributed by atoms with Crippen LogP contribution < -0.4 is 14.3 Å². The van der Waals surface area contributed by atoms with Crippen molar-refractivity contribution in [3.8, 4) is 17.0 Å². The highest BCUT2D eigenvalue weighted by atomic mass is 32.2. The number of alkyl halides is 3. The van der Waals surface area contributed by atoms with Gasteiger partial charge in [-0.2, -0.15) is 13.2 Å². The molecule has 1 aliphatic carbocycles. The summed E-state index contributed by atoms with van der Waals surface area (Å²) in [4.78, 5) is 12.4. The van der Waals surface area contributed by atoms with Crippen LogP contribution in [0.2, 0.25) is 0 Å². The second-order valence-electron chi connectivity index (χ2n) is 10.7. The van der Waals surface area contributed by atoms with E-state index >= 15 is 0 Å². The monoisotopic (exact) mass is 554 g/mol. The maximum atomic E-state index is 13.5. The maximum absolute atomic E-state index is 13.5. The van der Waals surface area contributed by atoms with Crippen LogP contribution in [0, 0.1) is 24.7 Å². The Morgan fingerprint density at radius 1 is 1.16 bits per heavy atom. The zero-order valence-electron chi connectivity index (χ0n) is 22.5. The van der Waals surface area contributed by atoms with Gasteiger partial charge in [-0.1, -0.05) is 20.8 Å². The van der Waals surface area contributed by atoms with Crippen LogP contribution in [-0.4, -0.2) is 43.0 Å². The Balaban J connectivity index is 1.91. The zero-order chi connectivity index (χ0) is 28.0. The van der Waals surface area contributed by atoms with E-state index in [-0.39, 0.29) is 17.9 Å². The molecular weight excluding hydrogens is 519 g/mol. The third-order valence-electron chi connectivity index (χ3n) is 7.66. The lowest BCUT2D eigenvalue weighted by atomic mass is 9.75. The van der Waals surface area contributed by atoms with Crippen molar-refractivity contribution in [1.29, 1.82) is 0 Å². The highest BCUT2D eigenvalue weighted by molar-refractivity contribution is 7.92. The van der Waals surface area contributed by atoms with Gasteiger partial charge in [-0.15, -0.1) is 0 Å². The van der Waals surface area contributed by atoms with Gasteiger partial charge in [0.15, 0.2) is 15.1 Å². The molecule has 4 atom stereocenters. The number of halogens is 3. The first-order valence-electron chi connectivity index (χ1n) is 12.8.